The molecule has 2 aromatic carbocycles. The third-order valence-electron chi connectivity index (χ3n) is 4.58. The fraction of sp³-hybridized carbons (Fsp3) is 0.333. The molecule has 1 N–H and O–H groups in total. The van der Waals surface area contributed by atoms with E-state index in [2.05, 4.69) is 10.5 Å². The summed E-state index contributed by atoms with van der Waals surface area (Å²) >= 11 is 0. The molecule has 3 rings (SSSR count). The number of benzene rings is 2. The average molecular weight is 423 g/mol. The number of oxime groups is 1. The zero-order valence-electron chi connectivity index (χ0n) is 16.2. The summed E-state index contributed by atoms with van der Waals surface area (Å²) in [5.74, 6) is -0.363. The van der Waals surface area contributed by atoms with Gasteiger partial charge < -0.3 is 15.1 Å². The Bertz CT molecular complexity index is 913. The van der Waals surface area contributed by atoms with Crippen LogP contribution in [0.3, 0.4) is 0 Å². The Morgan fingerprint density at radius 1 is 1.23 bits per heavy atom. The highest BCUT2D eigenvalue weighted by Crippen LogP contribution is 2.30. The lowest BCUT2D eigenvalue weighted by atomic mass is 10.0. The summed E-state index contributed by atoms with van der Waals surface area (Å²) in [4.78, 5) is 19.3. The van der Waals surface area contributed by atoms with Gasteiger partial charge in [-0.25, -0.2) is 9.18 Å². The third kappa shape index (κ3) is 5.49. The molecule has 1 aliphatic rings. The molecule has 0 spiro atoms. The maximum Gasteiger partial charge on any atom is 0.416 e. The van der Waals surface area contributed by atoms with E-state index in [-0.39, 0.29) is 18.9 Å². The zero-order valence-corrected chi connectivity index (χ0v) is 16.2. The number of rotatable bonds is 6. The number of halogens is 4. The molecule has 9 heteroatoms. The highest BCUT2D eigenvalue weighted by Gasteiger charge is 2.31. The molecule has 0 radical (unpaired) electrons. The molecule has 5 nitrogen and oxygen atoms in total. The molecular formula is C21H21F4N3O2. The van der Waals surface area contributed by atoms with Crippen molar-refractivity contribution in [2.75, 3.05) is 13.1 Å². The van der Waals surface area contributed by atoms with E-state index in [9.17, 15) is 22.4 Å². The third-order valence-corrected chi connectivity index (χ3v) is 4.58. The average Bonchev–Trinajstić information content (AvgIpc) is 3.16. The van der Waals surface area contributed by atoms with E-state index in [1.165, 1.54) is 29.2 Å². The fourth-order valence-electron chi connectivity index (χ4n) is 3.13. The van der Waals surface area contributed by atoms with Crippen LogP contribution < -0.4 is 5.32 Å². The van der Waals surface area contributed by atoms with Gasteiger partial charge in [-0.3, -0.25) is 0 Å². The van der Waals surface area contributed by atoms with Gasteiger partial charge in [0.25, 0.3) is 0 Å². The predicted octanol–water partition coefficient (Wildman–Crippen LogP) is 4.57. The molecular weight excluding hydrogens is 402 g/mol. The van der Waals surface area contributed by atoms with Crippen molar-refractivity contribution in [3.63, 3.8) is 0 Å². The van der Waals surface area contributed by atoms with E-state index in [4.69, 9.17) is 4.84 Å². The van der Waals surface area contributed by atoms with Gasteiger partial charge in [0, 0.05) is 19.5 Å². The van der Waals surface area contributed by atoms with Crippen LogP contribution in [0.1, 0.15) is 30.0 Å². The second kappa shape index (κ2) is 9.15. The topological polar surface area (TPSA) is 53.9 Å². The summed E-state index contributed by atoms with van der Waals surface area (Å²) in [6.45, 7) is 2.25. The zero-order chi connectivity index (χ0) is 21.7. The quantitative estimate of drug-likeness (QED) is 0.692. The summed E-state index contributed by atoms with van der Waals surface area (Å²) in [5.41, 5.74) is 0.917. The molecule has 0 saturated heterocycles. The van der Waals surface area contributed by atoms with E-state index >= 15 is 0 Å². The number of alkyl halides is 3. The van der Waals surface area contributed by atoms with Gasteiger partial charge in [-0.15, -0.1) is 0 Å². The Labute approximate surface area is 171 Å². The lowest BCUT2D eigenvalue weighted by molar-refractivity contribution is -0.137. The molecule has 30 heavy (non-hydrogen) atoms. The summed E-state index contributed by atoms with van der Waals surface area (Å²) in [5, 5.41) is 6.68. The number of carbonyl (C=O) groups is 1. The molecule has 160 valence electrons. The number of hydrogen-bond acceptors (Lipinski definition) is 3. The normalized spacial score (nSPS) is 16.0. The van der Waals surface area contributed by atoms with Crippen molar-refractivity contribution >= 4 is 11.7 Å². The van der Waals surface area contributed by atoms with Crippen LogP contribution >= 0.6 is 0 Å². The maximum absolute atomic E-state index is 13.1. The van der Waals surface area contributed by atoms with Crippen molar-refractivity contribution in [1.82, 2.24) is 10.2 Å². The number of hydrogen-bond donors (Lipinski definition) is 1. The van der Waals surface area contributed by atoms with Crippen LogP contribution in [-0.2, 0) is 17.6 Å². The summed E-state index contributed by atoms with van der Waals surface area (Å²) in [7, 11) is 0. The van der Waals surface area contributed by atoms with Crippen LogP contribution in [0, 0.1) is 5.82 Å². The van der Waals surface area contributed by atoms with Gasteiger partial charge >= 0.3 is 12.2 Å². The van der Waals surface area contributed by atoms with Crippen molar-refractivity contribution < 1.29 is 27.2 Å². The monoisotopic (exact) mass is 423 g/mol. The van der Waals surface area contributed by atoms with E-state index < -0.39 is 23.9 Å². The van der Waals surface area contributed by atoms with Crippen LogP contribution in [0.5, 0.6) is 0 Å². The lowest BCUT2D eigenvalue weighted by Gasteiger charge is -2.25. The predicted molar refractivity (Wildman–Crippen MR) is 103 cm³/mol. The Kier molecular flexibility index (Phi) is 6.59. The van der Waals surface area contributed by atoms with E-state index in [0.29, 0.717) is 29.8 Å². The largest absolute Gasteiger partial charge is 0.416 e. The summed E-state index contributed by atoms with van der Waals surface area (Å²) in [6, 6.07) is 10.3. The first kappa shape index (κ1) is 21.6. The van der Waals surface area contributed by atoms with Crippen LogP contribution in [-0.4, -0.2) is 35.8 Å². The van der Waals surface area contributed by atoms with E-state index in [1.54, 1.807) is 19.1 Å². The molecule has 0 saturated carbocycles. The summed E-state index contributed by atoms with van der Waals surface area (Å²) in [6.07, 6.45) is -4.53. The Morgan fingerprint density at radius 2 is 1.97 bits per heavy atom. The van der Waals surface area contributed by atoms with Crippen LogP contribution in [0.2, 0.25) is 0 Å². The van der Waals surface area contributed by atoms with Gasteiger partial charge in [0.05, 0.1) is 17.8 Å². The van der Waals surface area contributed by atoms with Gasteiger partial charge in [0.2, 0.25) is 0 Å². The number of amides is 2. The molecule has 0 fully saturated rings. The fourth-order valence-corrected chi connectivity index (χ4v) is 3.13. The second-order valence-electron chi connectivity index (χ2n) is 6.89. The number of urea groups is 1. The minimum atomic E-state index is -4.46. The van der Waals surface area contributed by atoms with Crippen LogP contribution in [0.4, 0.5) is 22.4 Å². The molecule has 0 unspecified atom stereocenters. The smallest absolute Gasteiger partial charge is 0.390 e. The van der Waals surface area contributed by atoms with Crippen molar-refractivity contribution in [1.29, 1.82) is 0 Å². The molecule has 2 aromatic rings. The molecule has 0 aromatic heterocycles. The lowest BCUT2D eigenvalue weighted by Crippen LogP contribution is -2.43. The highest BCUT2D eigenvalue weighted by atomic mass is 19.4. The molecule has 0 bridgehead atoms. The van der Waals surface area contributed by atoms with Gasteiger partial charge in [-0.1, -0.05) is 29.4 Å². The maximum atomic E-state index is 13.1. The first-order chi connectivity index (χ1) is 14.3. The summed E-state index contributed by atoms with van der Waals surface area (Å²) < 4.78 is 52.1. The minimum Gasteiger partial charge on any atom is -0.390 e. The molecule has 1 heterocycles. The van der Waals surface area contributed by atoms with Crippen molar-refractivity contribution in [2.45, 2.75) is 32.2 Å². The van der Waals surface area contributed by atoms with Crippen molar-refractivity contribution in [3.05, 3.63) is 71.0 Å². The molecule has 0 aliphatic carbocycles. The minimum absolute atomic E-state index is 0.0124. The second-order valence-corrected chi connectivity index (χ2v) is 6.89. The van der Waals surface area contributed by atoms with Crippen LogP contribution in [0.15, 0.2) is 53.7 Å². The number of nitrogens with zero attached hydrogens (tertiary/aromatic N) is 2. The highest BCUT2D eigenvalue weighted by molar-refractivity contribution is 6.01. The molecule has 2 amide bonds. The van der Waals surface area contributed by atoms with E-state index in [0.717, 1.165) is 12.1 Å². The first-order valence-corrected chi connectivity index (χ1v) is 9.43. The van der Waals surface area contributed by atoms with Crippen molar-refractivity contribution in [2.24, 2.45) is 5.16 Å². The number of carbonyl (C=O) groups excluding carboxylic acids is 1. The van der Waals surface area contributed by atoms with Gasteiger partial charge in [0.1, 0.15) is 5.82 Å². The van der Waals surface area contributed by atoms with Gasteiger partial charge in [-0.2, -0.15) is 13.2 Å². The first-order valence-electron chi connectivity index (χ1n) is 9.43. The van der Waals surface area contributed by atoms with Crippen molar-refractivity contribution in [3.8, 4) is 0 Å². The van der Waals surface area contributed by atoms with E-state index in [1.807, 2.05) is 0 Å². The van der Waals surface area contributed by atoms with Gasteiger partial charge in [-0.05, 0) is 42.3 Å². The Hall–Kier alpha value is -3.10. The Balaban J connectivity index is 1.69. The molecule has 1 aliphatic heterocycles. The molecule has 1 atom stereocenters. The van der Waals surface area contributed by atoms with Gasteiger partial charge in [0.15, 0.2) is 6.10 Å². The van der Waals surface area contributed by atoms with Crippen LogP contribution in [0.25, 0.3) is 0 Å². The number of nitrogens with one attached hydrogen (secondary N) is 1. The Morgan fingerprint density at radius 3 is 2.63 bits per heavy atom. The SMILES string of the molecule is CCNC(=O)N(Cc1cccc(C(F)(F)F)c1)C[C@H]1CC(c2ccc(F)cc2)=NO1. The standard InChI is InChI=1S/C21H21F4N3O2/c1-2-26-20(29)28(12-14-4-3-5-16(10-14)21(23,24)25)13-18-11-19(27-30-18)15-6-8-17(22)9-7-15/h3-10,18H,2,11-13H2,1H3,(H,26,29)/t18-/m1/s1.